The molecule has 14 heavy (non-hydrogen) atoms. The zero-order valence-corrected chi connectivity index (χ0v) is 8.95. The summed E-state index contributed by atoms with van der Waals surface area (Å²) in [4.78, 5) is 11.0. The Bertz CT molecular complexity index is 516. The van der Waals surface area contributed by atoms with Crippen molar-refractivity contribution in [1.82, 2.24) is 0 Å². The smallest absolute Gasteiger partial charge is 0.337 e. The summed E-state index contributed by atoms with van der Waals surface area (Å²) in [6.45, 7) is 1.93. The molecule has 1 aromatic carbocycles. The van der Waals surface area contributed by atoms with Crippen molar-refractivity contribution in [1.29, 1.82) is 0 Å². The maximum Gasteiger partial charge on any atom is 0.337 e. The van der Waals surface area contributed by atoms with E-state index in [0.29, 0.717) is 5.02 Å². The Kier molecular flexibility index (Phi) is 2.21. The minimum Gasteiger partial charge on any atom is -0.478 e. The zero-order chi connectivity index (χ0) is 10.3. The molecule has 0 saturated carbocycles. The molecule has 1 aromatic heterocycles. The molecule has 0 spiro atoms. The monoisotopic (exact) mass is 226 g/mol. The normalized spacial score (nSPS) is 10.7. The topological polar surface area (TPSA) is 37.3 Å². The van der Waals surface area contributed by atoms with E-state index < -0.39 is 5.97 Å². The van der Waals surface area contributed by atoms with Crippen LogP contribution in [0.3, 0.4) is 0 Å². The lowest BCUT2D eigenvalue weighted by Gasteiger charge is -2.03. The molecule has 2 nitrogen and oxygen atoms in total. The summed E-state index contributed by atoms with van der Waals surface area (Å²) < 4.78 is 0.992. The fourth-order valence-electron chi connectivity index (χ4n) is 1.49. The molecular weight excluding hydrogens is 220 g/mol. The largest absolute Gasteiger partial charge is 0.478 e. The van der Waals surface area contributed by atoms with Crippen LogP contribution >= 0.6 is 22.9 Å². The molecule has 2 rings (SSSR count). The Morgan fingerprint density at radius 2 is 2.29 bits per heavy atom. The maximum atomic E-state index is 11.0. The maximum absolute atomic E-state index is 11.0. The van der Waals surface area contributed by atoms with Crippen molar-refractivity contribution in [2.75, 3.05) is 0 Å². The second kappa shape index (κ2) is 3.26. The second-order valence-corrected chi connectivity index (χ2v) is 4.34. The molecule has 0 radical (unpaired) electrons. The van der Waals surface area contributed by atoms with Gasteiger partial charge in [0, 0.05) is 10.1 Å². The van der Waals surface area contributed by atoms with Crippen molar-refractivity contribution in [2.24, 2.45) is 0 Å². The van der Waals surface area contributed by atoms with Crippen molar-refractivity contribution in [3.8, 4) is 0 Å². The van der Waals surface area contributed by atoms with Crippen molar-refractivity contribution in [3.63, 3.8) is 0 Å². The van der Waals surface area contributed by atoms with Gasteiger partial charge in [-0.05, 0) is 30.0 Å². The third kappa shape index (κ3) is 1.29. The number of benzene rings is 1. The van der Waals surface area contributed by atoms with E-state index in [1.807, 2.05) is 12.3 Å². The van der Waals surface area contributed by atoms with Gasteiger partial charge in [-0.15, -0.1) is 11.3 Å². The molecule has 0 atom stereocenters. The van der Waals surface area contributed by atoms with Crippen LogP contribution in [0.15, 0.2) is 17.5 Å². The number of fused-ring (bicyclic) bond motifs is 1. The first-order valence-corrected chi connectivity index (χ1v) is 5.26. The number of thiophene rings is 1. The van der Waals surface area contributed by atoms with Gasteiger partial charge in [0.15, 0.2) is 0 Å². The number of aromatic carboxylic acids is 1. The summed E-state index contributed by atoms with van der Waals surface area (Å²) >= 11 is 7.42. The number of carboxylic acid groups (broad SMARTS) is 1. The summed E-state index contributed by atoms with van der Waals surface area (Å²) in [6.07, 6.45) is 0. The van der Waals surface area contributed by atoms with Crippen LogP contribution in [0.5, 0.6) is 0 Å². The molecule has 0 unspecified atom stereocenters. The standard InChI is InChI=1S/C10H7ClO2S/c1-5-4-7(11)8(10(12)13)6-2-3-14-9(5)6/h2-4H,1H3,(H,12,13). The van der Waals surface area contributed by atoms with Gasteiger partial charge in [0.25, 0.3) is 0 Å². The molecule has 0 aliphatic rings. The molecule has 0 bridgehead atoms. The molecule has 72 valence electrons. The molecule has 1 heterocycles. The number of carbonyl (C=O) groups is 1. The summed E-state index contributed by atoms with van der Waals surface area (Å²) in [5.74, 6) is -0.974. The minimum absolute atomic E-state index is 0.202. The Labute approximate surface area is 89.7 Å². The van der Waals surface area contributed by atoms with Gasteiger partial charge in [-0.2, -0.15) is 0 Å². The van der Waals surface area contributed by atoms with Crippen LogP contribution in [-0.2, 0) is 0 Å². The lowest BCUT2D eigenvalue weighted by atomic mass is 10.1. The highest BCUT2D eigenvalue weighted by molar-refractivity contribution is 7.17. The third-order valence-electron chi connectivity index (χ3n) is 2.09. The van der Waals surface area contributed by atoms with Crippen LogP contribution in [0, 0.1) is 6.92 Å². The first-order valence-electron chi connectivity index (χ1n) is 4.01. The molecule has 1 N–H and O–H groups in total. The first-order chi connectivity index (χ1) is 6.61. The van der Waals surface area contributed by atoms with E-state index in [9.17, 15) is 4.79 Å². The number of rotatable bonds is 1. The van der Waals surface area contributed by atoms with E-state index in [2.05, 4.69) is 0 Å². The van der Waals surface area contributed by atoms with E-state index >= 15 is 0 Å². The van der Waals surface area contributed by atoms with Crippen LogP contribution in [0.25, 0.3) is 10.1 Å². The highest BCUT2D eigenvalue weighted by atomic mass is 35.5. The molecule has 0 amide bonds. The van der Waals surface area contributed by atoms with Crippen LogP contribution in [-0.4, -0.2) is 11.1 Å². The van der Waals surface area contributed by atoms with Crippen molar-refractivity contribution in [2.45, 2.75) is 6.92 Å². The van der Waals surface area contributed by atoms with Crippen LogP contribution < -0.4 is 0 Å². The third-order valence-corrected chi connectivity index (χ3v) is 3.44. The molecular formula is C10H7ClO2S. The van der Waals surface area contributed by atoms with Crippen LogP contribution in [0.4, 0.5) is 0 Å². The van der Waals surface area contributed by atoms with Gasteiger partial charge >= 0.3 is 5.97 Å². The van der Waals surface area contributed by atoms with Gasteiger partial charge in [-0.3, -0.25) is 0 Å². The van der Waals surface area contributed by atoms with Crippen molar-refractivity contribution >= 4 is 39.0 Å². The molecule has 0 aliphatic carbocycles. The predicted molar refractivity (Wildman–Crippen MR) is 58.5 cm³/mol. The van der Waals surface area contributed by atoms with Crippen molar-refractivity contribution < 1.29 is 9.90 Å². The number of carboxylic acids is 1. The van der Waals surface area contributed by atoms with E-state index in [4.69, 9.17) is 16.7 Å². The zero-order valence-electron chi connectivity index (χ0n) is 7.37. The van der Waals surface area contributed by atoms with Crippen molar-refractivity contribution in [3.05, 3.63) is 33.7 Å². The number of halogens is 1. The second-order valence-electron chi connectivity index (χ2n) is 3.02. The minimum atomic E-state index is -0.974. The average molecular weight is 227 g/mol. The molecule has 0 saturated heterocycles. The van der Waals surface area contributed by atoms with Gasteiger partial charge in [-0.25, -0.2) is 4.79 Å². The number of hydrogen-bond acceptors (Lipinski definition) is 2. The van der Waals surface area contributed by atoms with Gasteiger partial charge in [0.1, 0.15) is 0 Å². The fourth-order valence-corrected chi connectivity index (χ4v) is 2.71. The molecule has 0 fully saturated rings. The summed E-state index contributed by atoms with van der Waals surface area (Å²) in [5, 5.41) is 11.9. The predicted octanol–water partition coefficient (Wildman–Crippen LogP) is 3.56. The molecule has 2 aromatic rings. The summed E-state index contributed by atoms with van der Waals surface area (Å²) in [6, 6.07) is 3.49. The highest BCUT2D eigenvalue weighted by Gasteiger charge is 2.15. The van der Waals surface area contributed by atoms with Gasteiger partial charge in [0.2, 0.25) is 0 Å². The highest BCUT2D eigenvalue weighted by Crippen LogP contribution is 2.32. The molecule has 4 heteroatoms. The van der Waals surface area contributed by atoms with Gasteiger partial charge in [-0.1, -0.05) is 11.6 Å². The lowest BCUT2D eigenvalue weighted by Crippen LogP contribution is -1.98. The van der Waals surface area contributed by atoms with E-state index in [0.717, 1.165) is 15.6 Å². The Hall–Kier alpha value is -1.06. The van der Waals surface area contributed by atoms with E-state index in [1.165, 1.54) is 11.3 Å². The quantitative estimate of drug-likeness (QED) is 0.807. The Balaban J connectivity index is 2.93. The molecule has 0 aliphatic heterocycles. The fraction of sp³-hybridized carbons (Fsp3) is 0.100. The Morgan fingerprint density at radius 1 is 1.57 bits per heavy atom. The van der Waals surface area contributed by atoms with E-state index in [1.54, 1.807) is 12.1 Å². The average Bonchev–Trinajstić information content (AvgIpc) is 2.51. The van der Waals surface area contributed by atoms with Gasteiger partial charge in [0.05, 0.1) is 10.6 Å². The van der Waals surface area contributed by atoms with E-state index in [-0.39, 0.29) is 5.56 Å². The SMILES string of the molecule is Cc1cc(Cl)c(C(=O)O)c2ccsc12. The van der Waals surface area contributed by atoms with Crippen LogP contribution in [0.2, 0.25) is 5.02 Å². The summed E-state index contributed by atoms with van der Waals surface area (Å²) in [5.41, 5.74) is 1.22. The Morgan fingerprint density at radius 3 is 2.93 bits per heavy atom. The van der Waals surface area contributed by atoms with Crippen LogP contribution in [0.1, 0.15) is 15.9 Å². The van der Waals surface area contributed by atoms with Gasteiger partial charge < -0.3 is 5.11 Å². The number of hydrogen-bond donors (Lipinski definition) is 1. The summed E-state index contributed by atoms with van der Waals surface area (Å²) in [7, 11) is 0. The number of aryl methyl sites for hydroxylation is 1. The first kappa shape index (κ1) is 9.49. The lowest BCUT2D eigenvalue weighted by molar-refractivity contribution is 0.0699.